The van der Waals surface area contributed by atoms with E-state index in [1.54, 1.807) is 19.2 Å². The van der Waals surface area contributed by atoms with Gasteiger partial charge >= 0.3 is 6.09 Å². The van der Waals surface area contributed by atoms with Gasteiger partial charge in [0.15, 0.2) is 8.32 Å². The van der Waals surface area contributed by atoms with Crippen LogP contribution in [-0.4, -0.2) is 74.7 Å². The van der Waals surface area contributed by atoms with Crippen molar-refractivity contribution in [1.29, 1.82) is 0 Å². The van der Waals surface area contributed by atoms with Crippen LogP contribution in [-0.2, 0) is 27.0 Å². The second-order valence-electron chi connectivity index (χ2n) is 16.9. The summed E-state index contributed by atoms with van der Waals surface area (Å²) in [5, 5.41) is 20.8. The van der Waals surface area contributed by atoms with Gasteiger partial charge in [-0.1, -0.05) is 87.5 Å². The maximum atomic E-state index is 12.9. The molecule has 1 unspecified atom stereocenters. The van der Waals surface area contributed by atoms with Gasteiger partial charge in [0, 0.05) is 68.3 Å². The molecule has 1 saturated heterocycles. The molecule has 1 atom stereocenters. The SMILES string of the molecule is COc1cc(CNC(=O)CCN2CCC(OC(=O)Nc3ccccc3-c3ccccc3)CC2)ccc1CNCC(O[Si](C)(C)C(C)(C)C)c1ccc(O)c2[nH]c(=O)ccc12. The van der Waals surface area contributed by atoms with E-state index in [1.165, 1.54) is 6.07 Å². The molecule has 5 N–H and O–H groups in total. The maximum Gasteiger partial charge on any atom is 0.411 e. The number of piperidine rings is 1. The smallest absolute Gasteiger partial charge is 0.411 e. The Morgan fingerprint density at radius 1 is 0.933 bits per heavy atom. The van der Waals surface area contributed by atoms with Gasteiger partial charge in [-0.25, -0.2) is 4.79 Å². The average Bonchev–Trinajstić information content (AvgIpc) is 3.23. The minimum Gasteiger partial charge on any atom is -0.506 e. The number of nitrogens with one attached hydrogen (secondary N) is 4. The van der Waals surface area contributed by atoms with Crippen molar-refractivity contribution in [1.82, 2.24) is 20.5 Å². The minimum atomic E-state index is -2.24. The van der Waals surface area contributed by atoms with Crippen molar-refractivity contribution in [2.24, 2.45) is 0 Å². The third kappa shape index (κ3) is 11.4. The number of para-hydroxylation sites is 1. The molecular weight excluding hydrogens is 775 g/mol. The number of H-pyrrole nitrogens is 1. The van der Waals surface area contributed by atoms with E-state index in [0.717, 1.165) is 46.3 Å². The fourth-order valence-corrected chi connectivity index (χ4v) is 8.50. The molecule has 0 bridgehead atoms. The van der Waals surface area contributed by atoms with Crippen LogP contribution in [0.2, 0.25) is 18.1 Å². The summed E-state index contributed by atoms with van der Waals surface area (Å²) in [6, 6.07) is 30.2. The number of nitrogens with zero attached hydrogens (tertiary/aromatic N) is 1. The lowest BCUT2D eigenvalue weighted by Crippen LogP contribution is -2.43. The Labute approximate surface area is 353 Å². The summed E-state index contributed by atoms with van der Waals surface area (Å²) >= 11 is 0. The molecule has 1 aliphatic heterocycles. The van der Waals surface area contributed by atoms with Crippen molar-refractivity contribution >= 4 is 36.9 Å². The van der Waals surface area contributed by atoms with E-state index >= 15 is 0 Å². The van der Waals surface area contributed by atoms with Crippen molar-refractivity contribution in [2.45, 2.75) is 83.5 Å². The number of rotatable bonds is 16. The van der Waals surface area contributed by atoms with Crippen LogP contribution in [0, 0.1) is 0 Å². The standard InChI is InChI=1S/C47H59N5O7Si/c1-47(2,3)60(5,6)59-42(37-18-20-40(53)45-38(37)19-21-44(55)51-45)31-48-30-34-17-16-32(28-41(34)57-4)29-49-43(54)24-27-52-25-22-35(23-26-52)58-46(56)50-39-15-11-10-14-36(39)33-12-8-7-9-13-33/h7-21,28,35,42,48,53H,22-27,29-31H2,1-6H3,(H,49,54)(H,50,56)(H,51,55). The Morgan fingerprint density at radius 3 is 2.40 bits per heavy atom. The summed E-state index contributed by atoms with van der Waals surface area (Å²) < 4.78 is 18.5. The quantitative estimate of drug-likeness (QED) is 0.0616. The summed E-state index contributed by atoms with van der Waals surface area (Å²) in [7, 11) is -0.598. The third-order valence-corrected chi connectivity index (χ3v) is 16.2. The molecule has 2 heterocycles. The first-order valence-electron chi connectivity index (χ1n) is 20.7. The van der Waals surface area contributed by atoms with E-state index < -0.39 is 14.4 Å². The highest BCUT2D eigenvalue weighted by atomic mass is 28.4. The molecule has 12 nitrogen and oxygen atoms in total. The molecule has 0 saturated carbocycles. The number of amides is 2. The summed E-state index contributed by atoms with van der Waals surface area (Å²) in [6.07, 6.45) is 0.786. The van der Waals surface area contributed by atoms with E-state index in [2.05, 4.69) is 59.7 Å². The number of carbonyl (C=O) groups is 2. The Bertz CT molecular complexity index is 2300. The van der Waals surface area contributed by atoms with Crippen molar-refractivity contribution in [2.75, 3.05) is 38.6 Å². The van der Waals surface area contributed by atoms with Gasteiger partial charge in [0.1, 0.15) is 17.6 Å². The molecule has 13 heteroatoms. The highest BCUT2D eigenvalue weighted by molar-refractivity contribution is 6.74. The molecule has 0 spiro atoms. The molecule has 1 aromatic heterocycles. The zero-order valence-electron chi connectivity index (χ0n) is 35.6. The van der Waals surface area contributed by atoms with Crippen LogP contribution >= 0.6 is 0 Å². The van der Waals surface area contributed by atoms with Gasteiger partial charge in [-0.2, -0.15) is 0 Å². The zero-order valence-corrected chi connectivity index (χ0v) is 36.6. The summed E-state index contributed by atoms with van der Waals surface area (Å²) in [5.74, 6) is 0.690. The average molecular weight is 834 g/mol. The number of phenolic OH excluding ortho intramolecular Hbond substituents is 1. The number of anilines is 1. The van der Waals surface area contributed by atoms with Gasteiger partial charge in [-0.05, 0) is 71.9 Å². The number of hydrogen-bond acceptors (Lipinski definition) is 9. The van der Waals surface area contributed by atoms with E-state index in [4.69, 9.17) is 13.9 Å². The minimum absolute atomic E-state index is 0.0131. The van der Waals surface area contributed by atoms with E-state index in [0.29, 0.717) is 62.4 Å². The van der Waals surface area contributed by atoms with Crippen molar-refractivity contribution < 1.29 is 28.6 Å². The first kappa shape index (κ1) is 44.1. The molecule has 0 aliphatic carbocycles. The Kier molecular flexibility index (Phi) is 14.5. The molecule has 60 heavy (non-hydrogen) atoms. The van der Waals surface area contributed by atoms with Crippen molar-refractivity contribution in [3.8, 4) is 22.6 Å². The number of phenols is 1. The normalized spacial score (nSPS) is 14.4. The zero-order chi connectivity index (χ0) is 42.9. The number of carbonyl (C=O) groups excluding carboxylic acids is 2. The van der Waals surface area contributed by atoms with Gasteiger partial charge in [0.2, 0.25) is 11.5 Å². The first-order chi connectivity index (χ1) is 28.7. The number of hydrogen-bond donors (Lipinski definition) is 5. The lowest BCUT2D eigenvalue weighted by molar-refractivity contribution is -0.121. The predicted octanol–water partition coefficient (Wildman–Crippen LogP) is 8.48. The number of aromatic hydroxyl groups is 1. The highest BCUT2D eigenvalue weighted by Gasteiger charge is 2.40. The maximum absolute atomic E-state index is 12.9. The van der Waals surface area contributed by atoms with Gasteiger partial charge < -0.3 is 39.5 Å². The van der Waals surface area contributed by atoms with E-state index in [9.17, 15) is 19.5 Å². The topological polar surface area (TPSA) is 154 Å². The number of pyridine rings is 1. The van der Waals surface area contributed by atoms with Crippen molar-refractivity contribution in [3.63, 3.8) is 0 Å². The molecule has 1 fully saturated rings. The van der Waals surface area contributed by atoms with E-state index in [1.807, 2.05) is 78.9 Å². The van der Waals surface area contributed by atoms with Crippen LogP contribution in [0.1, 0.15) is 62.8 Å². The van der Waals surface area contributed by atoms with Gasteiger partial charge in [0.25, 0.3) is 0 Å². The van der Waals surface area contributed by atoms with Gasteiger partial charge in [-0.15, -0.1) is 0 Å². The summed E-state index contributed by atoms with van der Waals surface area (Å²) in [6.45, 7) is 14.5. The van der Waals surface area contributed by atoms with Crippen LogP contribution in [0.15, 0.2) is 102 Å². The van der Waals surface area contributed by atoms with Gasteiger partial charge in [-0.3, -0.25) is 14.9 Å². The van der Waals surface area contributed by atoms with Crippen LogP contribution in [0.5, 0.6) is 11.5 Å². The monoisotopic (exact) mass is 833 g/mol. The number of aromatic nitrogens is 1. The Hall–Kier alpha value is -5.47. The molecule has 318 valence electrons. The molecule has 2 amide bonds. The summed E-state index contributed by atoms with van der Waals surface area (Å²) in [4.78, 5) is 42.8. The van der Waals surface area contributed by atoms with Crippen LogP contribution in [0.25, 0.3) is 22.0 Å². The molecular formula is C47H59N5O7Si. The van der Waals surface area contributed by atoms with Crippen LogP contribution in [0.3, 0.4) is 0 Å². The van der Waals surface area contributed by atoms with Crippen LogP contribution < -0.4 is 26.2 Å². The molecule has 5 aromatic rings. The Morgan fingerprint density at radius 2 is 1.67 bits per heavy atom. The van der Waals surface area contributed by atoms with E-state index in [-0.39, 0.29) is 34.5 Å². The third-order valence-electron chi connectivity index (χ3n) is 11.7. The summed E-state index contributed by atoms with van der Waals surface area (Å²) in [5.41, 5.74) is 5.54. The van der Waals surface area contributed by atoms with Gasteiger partial charge in [0.05, 0.1) is 24.4 Å². The predicted molar refractivity (Wildman–Crippen MR) is 240 cm³/mol. The molecule has 4 aromatic carbocycles. The number of ether oxygens (including phenoxy) is 2. The number of aromatic amines is 1. The largest absolute Gasteiger partial charge is 0.506 e. The fraction of sp³-hybridized carbons (Fsp3) is 0.383. The first-order valence-corrected chi connectivity index (χ1v) is 23.6. The second-order valence-corrected chi connectivity index (χ2v) is 21.7. The number of benzene rings is 4. The lowest BCUT2D eigenvalue weighted by Gasteiger charge is -2.39. The number of likely N-dealkylation sites (tertiary alicyclic amines) is 1. The lowest BCUT2D eigenvalue weighted by atomic mass is 10.0. The molecule has 6 rings (SSSR count). The van der Waals surface area contributed by atoms with Crippen LogP contribution in [0.4, 0.5) is 10.5 Å². The highest BCUT2D eigenvalue weighted by Crippen LogP contribution is 2.41. The second kappa shape index (κ2) is 19.7. The Balaban J connectivity index is 0.960. The molecule has 1 aliphatic rings. The van der Waals surface area contributed by atoms with Crippen molar-refractivity contribution in [3.05, 3.63) is 124 Å². The fourth-order valence-electron chi connectivity index (χ4n) is 7.22. The number of fused-ring (bicyclic) bond motifs is 1. The molecule has 0 radical (unpaired) electrons. The number of methoxy groups -OCH3 is 1.